The van der Waals surface area contributed by atoms with Crippen molar-refractivity contribution in [2.24, 2.45) is 5.92 Å². The topological polar surface area (TPSA) is 64.7 Å². The second-order valence-electron chi connectivity index (χ2n) is 4.43. The summed E-state index contributed by atoms with van der Waals surface area (Å²) < 4.78 is 10.7. The van der Waals surface area contributed by atoms with Crippen LogP contribution in [0.25, 0.3) is 0 Å². The molecule has 17 heavy (non-hydrogen) atoms. The van der Waals surface area contributed by atoms with Crippen LogP contribution in [0.1, 0.15) is 13.8 Å². The van der Waals surface area contributed by atoms with Crippen LogP contribution in [-0.2, 0) is 4.74 Å². The van der Waals surface area contributed by atoms with Gasteiger partial charge in [-0.25, -0.2) is 0 Å². The molecule has 96 valence electrons. The van der Waals surface area contributed by atoms with E-state index in [-0.39, 0.29) is 13.2 Å². The summed E-state index contributed by atoms with van der Waals surface area (Å²) in [5, 5.41) is 9.62. The number of hydrogen-bond acceptors (Lipinski definition) is 4. The van der Waals surface area contributed by atoms with Gasteiger partial charge in [0.15, 0.2) is 0 Å². The van der Waals surface area contributed by atoms with E-state index in [4.69, 9.17) is 15.2 Å². The molecule has 0 saturated heterocycles. The number of benzene rings is 1. The van der Waals surface area contributed by atoms with Crippen molar-refractivity contribution >= 4 is 5.69 Å². The monoisotopic (exact) mass is 239 g/mol. The van der Waals surface area contributed by atoms with Crippen LogP contribution in [0.3, 0.4) is 0 Å². The molecule has 0 aliphatic heterocycles. The fraction of sp³-hybridized carbons (Fsp3) is 0.538. The lowest BCUT2D eigenvalue weighted by Gasteiger charge is -2.14. The van der Waals surface area contributed by atoms with Crippen molar-refractivity contribution in [1.29, 1.82) is 0 Å². The van der Waals surface area contributed by atoms with Crippen LogP contribution in [0, 0.1) is 5.92 Å². The minimum Gasteiger partial charge on any atom is -0.489 e. The van der Waals surface area contributed by atoms with Crippen LogP contribution in [-0.4, -0.2) is 31.0 Å². The van der Waals surface area contributed by atoms with Crippen LogP contribution < -0.4 is 10.5 Å². The van der Waals surface area contributed by atoms with Gasteiger partial charge in [-0.2, -0.15) is 0 Å². The summed E-state index contributed by atoms with van der Waals surface area (Å²) in [6.07, 6.45) is -0.631. The highest BCUT2D eigenvalue weighted by Gasteiger charge is 2.07. The summed E-state index contributed by atoms with van der Waals surface area (Å²) in [5.74, 6) is 1.06. The largest absolute Gasteiger partial charge is 0.489 e. The van der Waals surface area contributed by atoms with Crippen LogP contribution in [0.5, 0.6) is 5.75 Å². The number of ether oxygens (including phenoxy) is 2. The van der Waals surface area contributed by atoms with E-state index in [2.05, 4.69) is 13.8 Å². The number of aliphatic hydroxyl groups excluding tert-OH is 1. The fourth-order valence-electron chi connectivity index (χ4n) is 1.29. The van der Waals surface area contributed by atoms with Gasteiger partial charge < -0.3 is 20.3 Å². The van der Waals surface area contributed by atoms with E-state index in [0.29, 0.717) is 24.0 Å². The Labute approximate surface area is 102 Å². The molecule has 4 heteroatoms. The van der Waals surface area contributed by atoms with Crippen molar-refractivity contribution in [2.75, 3.05) is 25.6 Å². The van der Waals surface area contributed by atoms with Crippen LogP contribution in [0.2, 0.25) is 0 Å². The number of nitrogens with two attached hydrogens (primary N) is 1. The summed E-state index contributed by atoms with van der Waals surface area (Å²) in [7, 11) is 0. The van der Waals surface area contributed by atoms with Gasteiger partial charge in [0.05, 0.1) is 12.3 Å². The minimum atomic E-state index is -0.631. The molecule has 1 aromatic carbocycles. The molecule has 0 spiro atoms. The van der Waals surface area contributed by atoms with Gasteiger partial charge in [-0.15, -0.1) is 0 Å². The van der Waals surface area contributed by atoms with Crippen molar-refractivity contribution < 1.29 is 14.6 Å². The Morgan fingerprint density at radius 2 is 1.88 bits per heavy atom. The first-order valence-electron chi connectivity index (χ1n) is 5.82. The Bertz CT molecular complexity index is 328. The van der Waals surface area contributed by atoms with Gasteiger partial charge in [-0.1, -0.05) is 26.0 Å². The Kier molecular flexibility index (Phi) is 5.80. The molecule has 0 aromatic heterocycles. The average Bonchev–Trinajstić information content (AvgIpc) is 2.27. The number of nitrogen functional groups attached to an aromatic ring is 1. The maximum atomic E-state index is 9.62. The lowest BCUT2D eigenvalue weighted by molar-refractivity contribution is 0.00407. The highest BCUT2D eigenvalue weighted by Crippen LogP contribution is 2.19. The first kappa shape index (κ1) is 13.8. The molecule has 0 fully saturated rings. The van der Waals surface area contributed by atoms with E-state index < -0.39 is 6.10 Å². The second kappa shape index (κ2) is 7.14. The Balaban J connectivity index is 2.24. The normalized spacial score (nSPS) is 12.7. The van der Waals surface area contributed by atoms with Crippen molar-refractivity contribution in [2.45, 2.75) is 20.0 Å². The standard InChI is InChI=1S/C13H21NO3/c1-10(2)7-16-8-11(15)9-17-13-6-4-3-5-12(13)14/h3-6,10-11,15H,7-9,14H2,1-2H3. The molecule has 0 aliphatic rings. The molecule has 4 nitrogen and oxygen atoms in total. The maximum Gasteiger partial charge on any atom is 0.142 e. The van der Waals surface area contributed by atoms with E-state index in [1.165, 1.54) is 0 Å². The van der Waals surface area contributed by atoms with E-state index >= 15 is 0 Å². The van der Waals surface area contributed by atoms with E-state index in [0.717, 1.165) is 0 Å². The molecule has 0 bridgehead atoms. The van der Waals surface area contributed by atoms with E-state index in [9.17, 15) is 5.11 Å². The van der Waals surface area contributed by atoms with E-state index in [1.807, 2.05) is 12.1 Å². The number of rotatable bonds is 7. The van der Waals surface area contributed by atoms with Crippen LogP contribution in [0.4, 0.5) is 5.69 Å². The first-order chi connectivity index (χ1) is 8.09. The summed E-state index contributed by atoms with van der Waals surface area (Å²) >= 11 is 0. The van der Waals surface area contributed by atoms with Crippen molar-refractivity contribution in [1.82, 2.24) is 0 Å². The lowest BCUT2D eigenvalue weighted by atomic mass is 10.2. The third-order valence-electron chi connectivity index (χ3n) is 2.11. The predicted octanol–water partition coefficient (Wildman–Crippen LogP) is 1.68. The van der Waals surface area contributed by atoms with Gasteiger partial charge in [0.25, 0.3) is 0 Å². The highest BCUT2D eigenvalue weighted by atomic mass is 16.5. The summed E-state index contributed by atoms with van der Waals surface area (Å²) in [5.41, 5.74) is 6.28. The molecular formula is C13H21NO3. The number of aliphatic hydroxyl groups is 1. The van der Waals surface area contributed by atoms with Gasteiger partial charge in [-0.05, 0) is 18.1 Å². The van der Waals surface area contributed by atoms with Gasteiger partial charge in [-0.3, -0.25) is 0 Å². The molecule has 1 unspecified atom stereocenters. The minimum absolute atomic E-state index is 0.187. The predicted molar refractivity (Wildman–Crippen MR) is 68.0 cm³/mol. The highest BCUT2D eigenvalue weighted by molar-refractivity contribution is 5.51. The number of para-hydroxylation sites is 2. The Morgan fingerprint density at radius 3 is 2.53 bits per heavy atom. The fourth-order valence-corrected chi connectivity index (χ4v) is 1.29. The number of anilines is 1. The van der Waals surface area contributed by atoms with Gasteiger partial charge in [0.2, 0.25) is 0 Å². The maximum absolute atomic E-state index is 9.62. The zero-order valence-corrected chi connectivity index (χ0v) is 10.4. The quantitative estimate of drug-likeness (QED) is 0.711. The number of hydrogen-bond donors (Lipinski definition) is 2. The average molecular weight is 239 g/mol. The molecule has 1 aromatic rings. The van der Waals surface area contributed by atoms with Crippen LogP contribution >= 0.6 is 0 Å². The molecule has 0 aliphatic carbocycles. The Morgan fingerprint density at radius 1 is 1.18 bits per heavy atom. The molecule has 0 amide bonds. The molecule has 1 rings (SSSR count). The first-order valence-corrected chi connectivity index (χ1v) is 5.82. The zero-order valence-electron chi connectivity index (χ0n) is 10.4. The molecule has 0 radical (unpaired) electrons. The van der Waals surface area contributed by atoms with Crippen molar-refractivity contribution in [3.05, 3.63) is 24.3 Å². The molecular weight excluding hydrogens is 218 g/mol. The van der Waals surface area contributed by atoms with Crippen LogP contribution in [0.15, 0.2) is 24.3 Å². The lowest BCUT2D eigenvalue weighted by Crippen LogP contribution is -2.24. The van der Waals surface area contributed by atoms with Gasteiger partial charge in [0, 0.05) is 6.61 Å². The Hall–Kier alpha value is -1.26. The molecule has 3 N–H and O–H groups in total. The SMILES string of the molecule is CC(C)COCC(O)COc1ccccc1N. The van der Waals surface area contributed by atoms with Gasteiger partial charge in [0.1, 0.15) is 18.5 Å². The van der Waals surface area contributed by atoms with E-state index in [1.54, 1.807) is 12.1 Å². The third-order valence-corrected chi connectivity index (χ3v) is 2.11. The zero-order chi connectivity index (χ0) is 12.7. The van der Waals surface area contributed by atoms with Crippen molar-refractivity contribution in [3.63, 3.8) is 0 Å². The second-order valence-corrected chi connectivity index (χ2v) is 4.43. The summed E-state index contributed by atoms with van der Waals surface area (Å²) in [4.78, 5) is 0. The third kappa shape index (κ3) is 5.56. The van der Waals surface area contributed by atoms with Gasteiger partial charge >= 0.3 is 0 Å². The molecule has 1 atom stereocenters. The summed E-state index contributed by atoms with van der Waals surface area (Å²) in [6, 6.07) is 7.21. The molecule has 0 saturated carbocycles. The summed E-state index contributed by atoms with van der Waals surface area (Å²) in [6.45, 7) is 5.24. The smallest absolute Gasteiger partial charge is 0.142 e. The van der Waals surface area contributed by atoms with Crippen molar-refractivity contribution in [3.8, 4) is 5.75 Å². The molecule has 0 heterocycles.